The lowest BCUT2D eigenvalue weighted by molar-refractivity contribution is -0.150. The molecule has 2 atom stereocenters. The van der Waals surface area contributed by atoms with Gasteiger partial charge in [0, 0.05) is 36.3 Å². The predicted molar refractivity (Wildman–Crippen MR) is 128 cm³/mol. The van der Waals surface area contributed by atoms with Crippen LogP contribution < -0.4 is 5.32 Å². The number of piperidine rings is 2. The van der Waals surface area contributed by atoms with Gasteiger partial charge in [-0.05, 0) is 80.4 Å². The number of methoxy groups -OCH3 is 1. The van der Waals surface area contributed by atoms with Crippen LogP contribution in [0.3, 0.4) is 0 Å². The van der Waals surface area contributed by atoms with Gasteiger partial charge in [0.15, 0.2) is 0 Å². The van der Waals surface area contributed by atoms with Gasteiger partial charge in [-0.2, -0.15) is 0 Å². The summed E-state index contributed by atoms with van der Waals surface area (Å²) < 4.78 is 5.05. The Balaban J connectivity index is 1.26. The van der Waals surface area contributed by atoms with Gasteiger partial charge in [0.1, 0.15) is 5.82 Å². The smallest absolute Gasteiger partial charge is 0.308 e. The molecule has 2 unspecified atom stereocenters. The molecule has 2 aromatic rings. The van der Waals surface area contributed by atoms with Gasteiger partial charge < -0.3 is 10.1 Å². The zero-order valence-electron chi connectivity index (χ0n) is 19.6. The highest BCUT2D eigenvalue weighted by Gasteiger charge is 2.40. The molecule has 5 nitrogen and oxygen atoms in total. The maximum Gasteiger partial charge on any atom is 0.308 e. The molecule has 5 heteroatoms. The summed E-state index contributed by atoms with van der Waals surface area (Å²) >= 11 is 0. The van der Waals surface area contributed by atoms with Crippen molar-refractivity contribution in [3.63, 3.8) is 0 Å². The molecule has 32 heavy (non-hydrogen) atoms. The van der Waals surface area contributed by atoms with E-state index in [-0.39, 0.29) is 11.9 Å². The van der Waals surface area contributed by atoms with E-state index in [1.54, 1.807) is 0 Å². The molecule has 0 amide bonds. The molecule has 2 saturated heterocycles. The lowest BCUT2D eigenvalue weighted by atomic mass is 9.78. The summed E-state index contributed by atoms with van der Waals surface area (Å²) in [6.45, 7) is 3.32. The molecule has 0 radical (unpaired) electrons. The number of benzene rings is 1. The fourth-order valence-electron chi connectivity index (χ4n) is 6.29. The van der Waals surface area contributed by atoms with Crippen LogP contribution in [0, 0.1) is 11.8 Å². The van der Waals surface area contributed by atoms with Gasteiger partial charge in [0.2, 0.25) is 0 Å². The summed E-state index contributed by atoms with van der Waals surface area (Å²) in [4.78, 5) is 19.5. The summed E-state index contributed by atoms with van der Waals surface area (Å²) in [5, 5.41) is 6.12. The third-order valence-corrected chi connectivity index (χ3v) is 8.18. The maximum atomic E-state index is 12.1. The van der Waals surface area contributed by atoms with Crippen molar-refractivity contribution in [2.45, 2.75) is 89.4 Å². The molecule has 2 aliphatic heterocycles. The SMILES string of the molecule is COC(=O)C1CC2CCCC(C1)N2Cc1ccc2cc(NC3CCC(C)CC3)ncc2c1. The van der Waals surface area contributed by atoms with Crippen LogP contribution in [-0.4, -0.2) is 41.1 Å². The van der Waals surface area contributed by atoms with Crippen LogP contribution in [0.25, 0.3) is 10.8 Å². The molecule has 1 aromatic carbocycles. The first-order valence-corrected chi connectivity index (χ1v) is 12.6. The molecule has 172 valence electrons. The van der Waals surface area contributed by atoms with Gasteiger partial charge in [-0.15, -0.1) is 0 Å². The molecule has 1 aliphatic carbocycles. The minimum atomic E-state index is -0.0227. The molecule has 1 aromatic heterocycles. The van der Waals surface area contributed by atoms with Gasteiger partial charge >= 0.3 is 5.97 Å². The molecule has 1 N–H and O–H groups in total. The molecule has 1 saturated carbocycles. The first-order chi connectivity index (χ1) is 15.6. The minimum Gasteiger partial charge on any atom is -0.469 e. The second kappa shape index (κ2) is 9.38. The van der Waals surface area contributed by atoms with Gasteiger partial charge in [0.05, 0.1) is 13.0 Å². The Morgan fingerprint density at radius 2 is 1.81 bits per heavy atom. The van der Waals surface area contributed by atoms with Crippen LogP contribution in [0.1, 0.15) is 70.3 Å². The highest BCUT2D eigenvalue weighted by atomic mass is 16.5. The second-order valence-electron chi connectivity index (χ2n) is 10.5. The van der Waals surface area contributed by atoms with E-state index in [2.05, 4.69) is 41.4 Å². The van der Waals surface area contributed by atoms with Gasteiger partial charge in [-0.1, -0.05) is 25.5 Å². The van der Waals surface area contributed by atoms with E-state index in [9.17, 15) is 4.79 Å². The van der Waals surface area contributed by atoms with E-state index in [0.717, 1.165) is 31.1 Å². The van der Waals surface area contributed by atoms with Crippen molar-refractivity contribution in [1.82, 2.24) is 9.88 Å². The van der Waals surface area contributed by atoms with Crippen molar-refractivity contribution in [2.75, 3.05) is 12.4 Å². The largest absolute Gasteiger partial charge is 0.469 e. The van der Waals surface area contributed by atoms with Crippen LogP contribution in [-0.2, 0) is 16.1 Å². The summed E-state index contributed by atoms with van der Waals surface area (Å²) in [6.07, 6.45) is 12.7. The monoisotopic (exact) mass is 435 g/mol. The van der Waals surface area contributed by atoms with E-state index in [4.69, 9.17) is 9.72 Å². The minimum absolute atomic E-state index is 0.0227. The van der Waals surface area contributed by atoms with E-state index in [1.165, 1.54) is 68.4 Å². The standard InChI is InChI=1S/C27H37N3O2/c1-18-6-10-23(11-7-18)29-26-15-20-9-8-19(12-22(20)16-28-26)17-30-24-4-3-5-25(30)14-21(13-24)27(31)32-2/h8-9,12,15-16,18,21,23-25H,3-7,10-11,13-14,17H2,1-2H3,(H,28,29). The summed E-state index contributed by atoms with van der Waals surface area (Å²) in [7, 11) is 1.52. The zero-order chi connectivity index (χ0) is 22.1. The molecule has 0 spiro atoms. The van der Waals surface area contributed by atoms with Gasteiger partial charge in [-0.25, -0.2) is 4.98 Å². The van der Waals surface area contributed by atoms with Gasteiger partial charge in [0.25, 0.3) is 0 Å². The van der Waals surface area contributed by atoms with Crippen molar-refractivity contribution in [3.8, 4) is 0 Å². The predicted octanol–water partition coefficient (Wildman–Crippen LogP) is 5.53. The quantitative estimate of drug-likeness (QED) is 0.626. The average molecular weight is 436 g/mol. The van der Waals surface area contributed by atoms with E-state index in [0.29, 0.717) is 18.1 Å². The Hall–Kier alpha value is -2.14. The van der Waals surface area contributed by atoms with E-state index in [1.807, 2.05) is 6.20 Å². The van der Waals surface area contributed by atoms with Crippen molar-refractivity contribution in [3.05, 3.63) is 36.0 Å². The summed E-state index contributed by atoms with van der Waals surface area (Å²) in [5.41, 5.74) is 1.34. The maximum absolute atomic E-state index is 12.1. The van der Waals surface area contributed by atoms with Crippen molar-refractivity contribution >= 4 is 22.6 Å². The topological polar surface area (TPSA) is 54.5 Å². The summed E-state index contributed by atoms with van der Waals surface area (Å²) in [6, 6.07) is 10.6. The van der Waals surface area contributed by atoms with Crippen LogP contribution in [0.5, 0.6) is 0 Å². The van der Waals surface area contributed by atoms with Crippen molar-refractivity contribution in [2.24, 2.45) is 11.8 Å². The highest BCUT2D eigenvalue weighted by molar-refractivity contribution is 5.84. The van der Waals surface area contributed by atoms with Crippen LogP contribution in [0.4, 0.5) is 5.82 Å². The van der Waals surface area contributed by atoms with Gasteiger partial charge in [-0.3, -0.25) is 9.69 Å². The third-order valence-electron chi connectivity index (χ3n) is 8.18. The number of ether oxygens (including phenoxy) is 1. The number of rotatable bonds is 5. The molecular formula is C27H37N3O2. The number of esters is 1. The number of hydrogen-bond acceptors (Lipinski definition) is 5. The molecule has 5 rings (SSSR count). The average Bonchev–Trinajstić information content (AvgIpc) is 2.80. The Morgan fingerprint density at radius 1 is 1.06 bits per heavy atom. The van der Waals surface area contributed by atoms with Crippen molar-refractivity contribution < 1.29 is 9.53 Å². The number of aromatic nitrogens is 1. The van der Waals surface area contributed by atoms with Crippen LogP contribution in [0.2, 0.25) is 0 Å². The number of anilines is 1. The first kappa shape index (κ1) is 21.7. The number of pyridine rings is 1. The first-order valence-electron chi connectivity index (χ1n) is 12.6. The molecule has 2 bridgehead atoms. The number of fused-ring (bicyclic) bond motifs is 3. The number of carbonyl (C=O) groups is 1. The Morgan fingerprint density at radius 3 is 2.53 bits per heavy atom. The molecular weight excluding hydrogens is 398 g/mol. The van der Waals surface area contributed by atoms with E-state index < -0.39 is 0 Å². The Labute approximate surface area is 191 Å². The Kier molecular flexibility index (Phi) is 6.36. The van der Waals surface area contributed by atoms with Crippen molar-refractivity contribution in [1.29, 1.82) is 0 Å². The zero-order valence-corrected chi connectivity index (χ0v) is 19.6. The third kappa shape index (κ3) is 4.63. The lowest BCUT2D eigenvalue weighted by Crippen LogP contribution is -2.52. The lowest BCUT2D eigenvalue weighted by Gasteiger charge is -2.48. The highest BCUT2D eigenvalue weighted by Crippen LogP contribution is 2.38. The normalized spacial score (nSPS) is 30.8. The molecule has 3 heterocycles. The summed E-state index contributed by atoms with van der Waals surface area (Å²) in [5.74, 6) is 1.92. The Bertz CT molecular complexity index is 939. The van der Waals surface area contributed by atoms with Crippen LogP contribution >= 0.6 is 0 Å². The fraction of sp³-hybridized carbons (Fsp3) is 0.630. The molecule has 3 aliphatic rings. The number of nitrogens with zero attached hydrogens (tertiary/aromatic N) is 2. The molecule has 3 fully saturated rings. The van der Waals surface area contributed by atoms with Crippen LogP contribution in [0.15, 0.2) is 30.5 Å². The number of nitrogens with one attached hydrogen (secondary N) is 1. The number of hydrogen-bond donors (Lipinski definition) is 1. The number of carbonyl (C=O) groups excluding carboxylic acids is 1. The fourth-order valence-corrected chi connectivity index (χ4v) is 6.29. The van der Waals surface area contributed by atoms with E-state index >= 15 is 0 Å². The second-order valence-corrected chi connectivity index (χ2v) is 10.5.